The summed E-state index contributed by atoms with van der Waals surface area (Å²) < 4.78 is 19.2. The molecule has 2 aromatic rings. The van der Waals surface area contributed by atoms with Crippen LogP contribution in [0.4, 0.5) is 4.39 Å². The Morgan fingerprint density at radius 3 is 2.89 bits per heavy atom. The lowest BCUT2D eigenvalue weighted by Crippen LogP contribution is -2.21. The Balaban J connectivity index is 2.18. The lowest BCUT2D eigenvalue weighted by molar-refractivity contribution is 0.457. The summed E-state index contributed by atoms with van der Waals surface area (Å²) in [7, 11) is 0. The van der Waals surface area contributed by atoms with Gasteiger partial charge in [-0.15, -0.1) is 0 Å². The average molecular weight is 269 g/mol. The second-order valence-electron chi connectivity index (χ2n) is 4.28. The van der Waals surface area contributed by atoms with Gasteiger partial charge < -0.3 is 9.73 Å². The molecule has 1 aromatic carbocycles. The molecule has 1 aromatic heterocycles. The normalized spacial score (nSPS) is 11.2. The SMILES string of the molecule is CC(C)NCc1ncc(-c2ccc(Cl)cc2F)o1. The summed E-state index contributed by atoms with van der Waals surface area (Å²) in [5, 5.41) is 3.54. The van der Waals surface area contributed by atoms with Crippen LogP contribution in [0.1, 0.15) is 19.7 Å². The molecule has 0 fully saturated rings. The third-order valence-corrected chi connectivity index (χ3v) is 2.65. The lowest BCUT2D eigenvalue weighted by atomic mass is 10.2. The Morgan fingerprint density at radius 1 is 1.44 bits per heavy atom. The van der Waals surface area contributed by atoms with E-state index in [1.54, 1.807) is 12.1 Å². The third kappa shape index (κ3) is 3.09. The molecule has 0 radical (unpaired) electrons. The summed E-state index contributed by atoms with van der Waals surface area (Å²) in [6.45, 7) is 4.58. The number of oxazole rings is 1. The number of halogens is 2. The summed E-state index contributed by atoms with van der Waals surface area (Å²) in [6, 6.07) is 4.80. The van der Waals surface area contributed by atoms with Crippen LogP contribution < -0.4 is 5.32 Å². The fourth-order valence-electron chi connectivity index (χ4n) is 1.50. The van der Waals surface area contributed by atoms with Crippen LogP contribution in [0.3, 0.4) is 0 Å². The van der Waals surface area contributed by atoms with Crippen molar-refractivity contribution in [3.05, 3.63) is 41.1 Å². The summed E-state index contributed by atoms with van der Waals surface area (Å²) in [5.41, 5.74) is 0.364. The number of nitrogens with zero attached hydrogens (tertiary/aromatic N) is 1. The van der Waals surface area contributed by atoms with Crippen molar-refractivity contribution in [2.45, 2.75) is 26.4 Å². The molecule has 1 N–H and O–H groups in total. The van der Waals surface area contributed by atoms with Gasteiger partial charge in [0.15, 0.2) is 5.76 Å². The first-order chi connectivity index (χ1) is 8.56. The van der Waals surface area contributed by atoms with Crippen LogP contribution in [-0.2, 0) is 6.54 Å². The monoisotopic (exact) mass is 268 g/mol. The van der Waals surface area contributed by atoms with Gasteiger partial charge in [0.05, 0.1) is 18.3 Å². The molecule has 0 atom stereocenters. The molecule has 0 amide bonds. The maximum Gasteiger partial charge on any atom is 0.208 e. The summed E-state index contributed by atoms with van der Waals surface area (Å²) in [5.74, 6) is 0.528. The fourth-order valence-corrected chi connectivity index (χ4v) is 1.66. The molecular formula is C13H14ClFN2O. The first kappa shape index (κ1) is 13.1. The minimum atomic E-state index is -0.415. The van der Waals surface area contributed by atoms with Gasteiger partial charge >= 0.3 is 0 Å². The molecule has 0 unspecified atom stereocenters. The zero-order valence-corrected chi connectivity index (χ0v) is 11.0. The summed E-state index contributed by atoms with van der Waals surface area (Å²) in [6.07, 6.45) is 1.52. The van der Waals surface area contributed by atoms with Gasteiger partial charge in [-0.1, -0.05) is 25.4 Å². The van der Waals surface area contributed by atoms with E-state index in [2.05, 4.69) is 10.3 Å². The van der Waals surface area contributed by atoms with E-state index in [1.807, 2.05) is 13.8 Å². The van der Waals surface area contributed by atoms with Crippen LogP contribution in [0.5, 0.6) is 0 Å². The zero-order chi connectivity index (χ0) is 13.1. The van der Waals surface area contributed by atoms with Gasteiger partial charge in [-0.05, 0) is 18.2 Å². The molecule has 5 heteroatoms. The van der Waals surface area contributed by atoms with Crippen molar-refractivity contribution >= 4 is 11.6 Å². The Hall–Kier alpha value is -1.39. The highest BCUT2D eigenvalue weighted by atomic mass is 35.5. The highest BCUT2D eigenvalue weighted by Gasteiger charge is 2.11. The quantitative estimate of drug-likeness (QED) is 0.920. The van der Waals surface area contributed by atoms with E-state index in [1.165, 1.54) is 12.3 Å². The van der Waals surface area contributed by atoms with E-state index in [4.69, 9.17) is 16.0 Å². The summed E-state index contributed by atoms with van der Waals surface area (Å²) in [4.78, 5) is 4.10. The molecule has 0 aliphatic carbocycles. The van der Waals surface area contributed by atoms with Gasteiger partial charge in [-0.3, -0.25) is 0 Å². The highest BCUT2D eigenvalue weighted by molar-refractivity contribution is 6.30. The highest BCUT2D eigenvalue weighted by Crippen LogP contribution is 2.25. The van der Waals surface area contributed by atoms with Crippen molar-refractivity contribution in [2.24, 2.45) is 0 Å². The molecule has 0 aliphatic heterocycles. The zero-order valence-electron chi connectivity index (χ0n) is 10.2. The van der Waals surface area contributed by atoms with E-state index >= 15 is 0 Å². The van der Waals surface area contributed by atoms with E-state index < -0.39 is 5.82 Å². The van der Waals surface area contributed by atoms with Crippen molar-refractivity contribution in [3.8, 4) is 11.3 Å². The predicted octanol–water partition coefficient (Wildman–Crippen LogP) is 3.63. The molecular weight excluding hydrogens is 255 g/mol. The molecule has 3 nitrogen and oxygen atoms in total. The first-order valence-electron chi connectivity index (χ1n) is 5.70. The lowest BCUT2D eigenvalue weighted by Gasteiger charge is -2.04. The molecule has 2 rings (SSSR count). The van der Waals surface area contributed by atoms with Gasteiger partial charge in [0, 0.05) is 11.1 Å². The van der Waals surface area contributed by atoms with E-state index in [9.17, 15) is 4.39 Å². The number of aromatic nitrogens is 1. The van der Waals surface area contributed by atoms with Crippen LogP contribution in [0.25, 0.3) is 11.3 Å². The molecule has 0 saturated carbocycles. The molecule has 1 heterocycles. The molecule has 18 heavy (non-hydrogen) atoms. The number of hydrogen-bond acceptors (Lipinski definition) is 3. The minimum absolute atomic E-state index is 0.340. The standard InChI is InChI=1S/C13H14ClFN2O/c1-8(2)16-7-13-17-6-12(18-13)10-4-3-9(14)5-11(10)15/h3-6,8,16H,7H2,1-2H3. The van der Waals surface area contributed by atoms with Crippen molar-refractivity contribution in [2.75, 3.05) is 0 Å². The second-order valence-corrected chi connectivity index (χ2v) is 4.71. The van der Waals surface area contributed by atoms with Crippen LogP contribution in [0.2, 0.25) is 5.02 Å². The van der Waals surface area contributed by atoms with E-state index in [0.29, 0.717) is 34.8 Å². The van der Waals surface area contributed by atoms with E-state index in [-0.39, 0.29) is 0 Å². The Bertz CT molecular complexity index is 540. The van der Waals surface area contributed by atoms with Crippen LogP contribution in [0.15, 0.2) is 28.8 Å². The van der Waals surface area contributed by atoms with Gasteiger partial charge in [0.1, 0.15) is 5.82 Å². The smallest absolute Gasteiger partial charge is 0.208 e. The second kappa shape index (κ2) is 5.50. The van der Waals surface area contributed by atoms with Gasteiger partial charge in [0.2, 0.25) is 5.89 Å². The van der Waals surface area contributed by atoms with Gasteiger partial charge in [-0.2, -0.15) is 0 Å². The van der Waals surface area contributed by atoms with Crippen molar-refractivity contribution in [1.29, 1.82) is 0 Å². The van der Waals surface area contributed by atoms with Crippen LogP contribution in [0, 0.1) is 5.82 Å². The maximum absolute atomic E-state index is 13.7. The van der Waals surface area contributed by atoms with Crippen LogP contribution in [-0.4, -0.2) is 11.0 Å². The molecule has 0 spiro atoms. The molecule has 0 aliphatic rings. The third-order valence-electron chi connectivity index (χ3n) is 2.41. The number of rotatable bonds is 4. The predicted molar refractivity (Wildman–Crippen MR) is 68.9 cm³/mol. The molecule has 0 bridgehead atoms. The molecule has 96 valence electrons. The van der Waals surface area contributed by atoms with E-state index in [0.717, 1.165) is 0 Å². The summed E-state index contributed by atoms with van der Waals surface area (Å²) >= 11 is 5.70. The minimum Gasteiger partial charge on any atom is -0.439 e. The van der Waals surface area contributed by atoms with Crippen molar-refractivity contribution in [1.82, 2.24) is 10.3 Å². The number of hydrogen-bond donors (Lipinski definition) is 1. The average Bonchev–Trinajstić information content (AvgIpc) is 2.75. The Morgan fingerprint density at radius 2 is 2.22 bits per heavy atom. The first-order valence-corrected chi connectivity index (χ1v) is 6.07. The molecule has 0 saturated heterocycles. The number of benzene rings is 1. The maximum atomic E-state index is 13.7. The van der Waals surface area contributed by atoms with Crippen LogP contribution >= 0.6 is 11.6 Å². The fraction of sp³-hybridized carbons (Fsp3) is 0.308. The van der Waals surface area contributed by atoms with Gasteiger partial charge in [0.25, 0.3) is 0 Å². The Kier molecular flexibility index (Phi) is 3.99. The van der Waals surface area contributed by atoms with Crippen molar-refractivity contribution in [3.63, 3.8) is 0 Å². The van der Waals surface area contributed by atoms with Gasteiger partial charge in [-0.25, -0.2) is 9.37 Å². The topological polar surface area (TPSA) is 38.1 Å². The number of nitrogens with one attached hydrogen (secondary N) is 1. The Labute approximate surface area is 110 Å². The largest absolute Gasteiger partial charge is 0.439 e. The van der Waals surface area contributed by atoms with Crippen molar-refractivity contribution < 1.29 is 8.81 Å².